The molecule has 1 aromatic carbocycles. The second-order valence-electron chi connectivity index (χ2n) is 4.93. The van der Waals surface area contributed by atoms with Crippen molar-refractivity contribution >= 4 is 17.6 Å². The minimum atomic E-state index is -0.553. The first kappa shape index (κ1) is 16.5. The molecule has 0 spiro atoms. The lowest BCUT2D eigenvalue weighted by Gasteiger charge is -2.26. The summed E-state index contributed by atoms with van der Waals surface area (Å²) in [7, 11) is 1.27. The van der Waals surface area contributed by atoms with Gasteiger partial charge in [0.05, 0.1) is 18.4 Å². The molecule has 1 fully saturated rings. The number of ether oxygens (including phenoxy) is 1. The van der Waals surface area contributed by atoms with Crippen LogP contribution in [0.2, 0.25) is 0 Å². The zero-order chi connectivity index (χ0) is 16.7. The Morgan fingerprint density at radius 1 is 1.35 bits per heavy atom. The van der Waals surface area contributed by atoms with Crippen LogP contribution in [0.3, 0.4) is 0 Å². The lowest BCUT2D eigenvalue weighted by molar-refractivity contribution is -0.112. The number of methoxy groups -OCH3 is 1. The maximum atomic E-state index is 12.3. The normalized spacial score (nSPS) is 14.8. The monoisotopic (exact) mass is 314 g/mol. The maximum Gasteiger partial charge on any atom is 0.339 e. The fourth-order valence-electron chi connectivity index (χ4n) is 2.20. The third kappa shape index (κ3) is 4.31. The highest BCUT2D eigenvalue weighted by Gasteiger charge is 2.17. The zero-order valence-corrected chi connectivity index (χ0v) is 12.8. The van der Waals surface area contributed by atoms with E-state index in [0.29, 0.717) is 5.69 Å². The summed E-state index contributed by atoms with van der Waals surface area (Å²) in [5, 5.41) is 15.0. The maximum absolute atomic E-state index is 12.3. The average Bonchev–Trinajstić information content (AvgIpc) is 2.60. The Labute approximate surface area is 134 Å². The van der Waals surface area contributed by atoms with E-state index >= 15 is 0 Å². The second kappa shape index (κ2) is 7.96. The van der Waals surface area contributed by atoms with Gasteiger partial charge in [-0.2, -0.15) is 5.26 Å². The summed E-state index contributed by atoms with van der Waals surface area (Å²) in [6, 6.07) is 8.40. The molecular weight excluding hydrogens is 296 g/mol. The standard InChI is InChI=1S/C16H18N4O3/c1-23-16(22)13-4-2-3-5-14(13)19-15(21)12(10-17)11-20-8-6-18-7-9-20/h2-5,11,18H,6-9H2,1H3,(H,19,21)/b12-11-. The molecule has 7 nitrogen and oxygen atoms in total. The van der Waals surface area contributed by atoms with Crippen LogP contribution in [0.25, 0.3) is 0 Å². The minimum absolute atomic E-state index is 0.00781. The summed E-state index contributed by atoms with van der Waals surface area (Å²) in [4.78, 5) is 25.9. The van der Waals surface area contributed by atoms with Gasteiger partial charge in [-0.1, -0.05) is 12.1 Å². The number of amides is 1. The van der Waals surface area contributed by atoms with Gasteiger partial charge in [0, 0.05) is 32.4 Å². The molecule has 1 saturated heterocycles. The summed E-state index contributed by atoms with van der Waals surface area (Å²) in [6.45, 7) is 3.08. The molecule has 0 saturated carbocycles. The number of anilines is 1. The molecule has 120 valence electrons. The van der Waals surface area contributed by atoms with E-state index in [4.69, 9.17) is 0 Å². The van der Waals surface area contributed by atoms with Crippen LogP contribution in [0, 0.1) is 11.3 Å². The molecule has 0 atom stereocenters. The van der Waals surface area contributed by atoms with Gasteiger partial charge in [0.1, 0.15) is 11.6 Å². The van der Waals surface area contributed by atoms with Crippen molar-refractivity contribution in [3.63, 3.8) is 0 Å². The van der Waals surface area contributed by atoms with Crippen LogP contribution in [0.5, 0.6) is 0 Å². The second-order valence-corrected chi connectivity index (χ2v) is 4.93. The fourth-order valence-corrected chi connectivity index (χ4v) is 2.20. The van der Waals surface area contributed by atoms with Crippen molar-refractivity contribution in [2.75, 3.05) is 38.6 Å². The van der Waals surface area contributed by atoms with Gasteiger partial charge < -0.3 is 20.3 Å². The Morgan fingerprint density at radius 3 is 2.70 bits per heavy atom. The summed E-state index contributed by atoms with van der Waals surface area (Å²) in [5.41, 5.74) is 0.542. The van der Waals surface area contributed by atoms with Gasteiger partial charge in [0.15, 0.2) is 0 Å². The van der Waals surface area contributed by atoms with Crippen LogP contribution in [0.1, 0.15) is 10.4 Å². The Kier molecular flexibility index (Phi) is 5.72. The Balaban J connectivity index is 2.15. The fraction of sp³-hybridized carbons (Fsp3) is 0.312. The molecule has 2 rings (SSSR count). The van der Waals surface area contributed by atoms with Crippen molar-refractivity contribution in [1.82, 2.24) is 10.2 Å². The molecular formula is C16H18N4O3. The first-order chi connectivity index (χ1) is 11.2. The van der Waals surface area contributed by atoms with Crippen molar-refractivity contribution in [2.45, 2.75) is 0 Å². The van der Waals surface area contributed by atoms with Crippen molar-refractivity contribution in [2.24, 2.45) is 0 Å². The van der Waals surface area contributed by atoms with Crippen LogP contribution in [0.4, 0.5) is 5.69 Å². The Bertz CT molecular complexity index is 658. The average molecular weight is 314 g/mol. The van der Waals surface area contributed by atoms with Crippen LogP contribution in [-0.2, 0) is 9.53 Å². The number of benzene rings is 1. The van der Waals surface area contributed by atoms with E-state index in [0.717, 1.165) is 26.2 Å². The highest BCUT2D eigenvalue weighted by molar-refractivity contribution is 6.09. The van der Waals surface area contributed by atoms with E-state index in [1.165, 1.54) is 7.11 Å². The number of nitrogens with zero attached hydrogens (tertiary/aromatic N) is 2. The molecule has 1 aromatic rings. The molecule has 0 radical (unpaired) electrons. The Morgan fingerprint density at radius 2 is 2.04 bits per heavy atom. The third-order valence-electron chi connectivity index (χ3n) is 3.41. The molecule has 1 aliphatic heterocycles. The largest absolute Gasteiger partial charge is 0.465 e. The quantitative estimate of drug-likeness (QED) is 0.483. The van der Waals surface area contributed by atoms with Crippen LogP contribution in [-0.4, -0.2) is 50.1 Å². The van der Waals surface area contributed by atoms with Gasteiger partial charge in [-0.3, -0.25) is 4.79 Å². The zero-order valence-electron chi connectivity index (χ0n) is 12.8. The molecule has 2 N–H and O–H groups in total. The topological polar surface area (TPSA) is 94.5 Å². The van der Waals surface area contributed by atoms with E-state index in [2.05, 4.69) is 15.4 Å². The first-order valence-electron chi connectivity index (χ1n) is 7.21. The highest BCUT2D eigenvalue weighted by Crippen LogP contribution is 2.17. The molecule has 0 bridgehead atoms. The summed E-state index contributed by atoms with van der Waals surface area (Å²) >= 11 is 0. The van der Waals surface area contributed by atoms with Crippen LogP contribution < -0.4 is 10.6 Å². The molecule has 1 amide bonds. The third-order valence-corrected chi connectivity index (χ3v) is 3.41. The SMILES string of the molecule is COC(=O)c1ccccc1NC(=O)/C(C#N)=C\N1CCNCC1. The number of piperazine rings is 1. The number of esters is 1. The van der Waals surface area contributed by atoms with Gasteiger partial charge in [-0.05, 0) is 12.1 Å². The van der Waals surface area contributed by atoms with Crippen LogP contribution >= 0.6 is 0 Å². The lowest BCUT2D eigenvalue weighted by Crippen LogP contribution is -2.41. The van der Waals surface area contributed by atoms with Crippen molar-refractivity contribution in [3.8, 4) is 6.07 Å². The number of carbonyl (C=O) groups is 2. The van der Waals surface area contributed by atoms with Gasteiger partial charge in [-0.15, -0.1) is 0 Å². The van der Waals surface area contributed by atoms with E-state index in [-0.39, 0.29) is 11.1 Å². The van der Waals surface area contributed by atoms with Gasteiger partial charge in [-0.25, -0.2) is 4.79 Å². The van der Waals surface area contributed by atoms with E-state index in [9.17, 15) is 14.9 Å². The van der Waals surface area contributed by atoms with E-state index < -0.39 is 11.9 Å². The molecule has 23 heavy (non-hydrogen) atoms. The molecule has 0 aliphatic carbocycles. The highest BCUT2D eigenvalue weighted by atomic mass is 16.5. The summed E-state index contributed by atoms with van der Waals surface area (Å²) in [5.74, 6) is -1.10. The van der Waals surface area contributed by atoms with Gasteiger partial charge >= 0.3 is 5.97 Å². The lowest BCUT2D eigenvalue weighted by atomic mass is 10.1. The van der Waals surface area contributed by atoms with Crippen molar-refractivity contribution in [3.05, 3.63) is 41.6 Å². The molecule has 0 unspecified atom stereocenters. The van der Waals surface area contributed by atoms with E-state index in [1.54, 1.807) is 30.5 Å². The first-order valence-corrected chi connectivity index (χ1v) is 7.21. The van der Waals surface area contributed by atoms with Gasteiger partial charge in [0.2, 0.25) is 0 Å². The van der Waals surface area contributed by atoms with Crippen molar-refractivity contribution < 1.29 is 14.3 Å². The number of hydrogen-bond acceptors (Lipinski definition) is 6. The molecule has 1 heterocycles. The predicted octanol–water partition coefficient (Wildman–Crippen LogP) is 0.724. The molecule has 7 heteroatoms. The number of hydrogen-bond donors (Lipinski definition) is 2. The number of carbonyl (C=O) groups excluding carboxylic acids is 2. The van der Waals surface area contributed by atoms with Crippen molar-refractivity contribution in [1.29, 1.82) is 5.26 Å². The summed E-state index contributed by atoms with van der Waals surface area (Å²) in [6.07, 6.45) is 1.55. The van der Waals surface area contributed by atoms with Crippen LogP contribution in [0.15, 0.2) is 36.0 Å². The smallest absolute Gasteiger partial charge is 0.339 e. The summed E-state index contributed by atoms with van der Waals surface area (Å²) < 4.78 is 4.68. The number of para-hydroxylation sites is 1. The predicted molar refractivity (Wildman–Crippen MR) is 84.5 cm³/mol. The number of rotatable bonds is 4. The molecule has 1 aliphatic rings. The Hall–Kier alpha value is -2.85. The molecule has 0 aromatic heterocycles. The number of nitriles is 1. The minimum Gasteiger partial charge on any atom is -0.465 e. The number of nitrogens with one attached hydrogen (secondary N) is 2. The van der Waals surface area contributed by atoms with E-state index in [1.807, 2.05) is 11.0 Å². The van der Waals surface area contributed by atoms with Gasteiger partial charge in [0.25, 0.3) is 5.91 Å².